The zero-order valence-corrected chi connectivity index (χ0v) is 12.3. The van der Waals surface area contributed by atoms with Crippen molar-refractivity contribution in [2.45, 2.75) is 31.8 Å². The number of rotatable bonds is 3. The summed E-state index contributed by atoms with van der Waals surface area (Å²) < 4.78 is 6.59. The van der Waals surface area contributed by atoms with Gasteiger partial charge in [-0.15, -0.1) is 0 Å². The molecule has 1 aliphatic rings. The zero-order valence-electron chi connectivity index (χ0n) is 10.1. The number of nitrogen functional groups attached to an aromatic ring is 1. The van der Waals surface area contributed by atoms with E-state index in [1.807, 2.05) is 12.1 Å². The first-order valence-corrected chi connectivity index (χ1v) is 7.03. The van der Waals surface area contributed by atoms with Crippen molar-refractivity contribution >= 4 is 28.3 Å². The summed E-state index contributed by atoms with van der Waals surface area (Å²) in [4.78, 5) is 0. The Hall–Kier alpha value is -0.330. The van der Waals surface area contributed by atoms with Gasteiger partial charge in [-0.1, -0.05) is 0 Å². The van der Waals surface area contributed by atoms with Crippen LogP contribution in [0.5, 0.6) is 0 Å². The molecule has 1 heterocycles. The monoisotopic (exact) mass is 346 g/mol. The molecular formula is C13H19IN2O. The summed E-state index contributed by atoms with van der Waals surface area (Å²) in [5, 5.41) is 3.63. The Morgan fingerprint density at radius 1 is 1.35 bits per heavy atom. The second-order valence-electron chi connectivity index (χ2n) is 4.92. The highest BCUT2D eigenvalue weighted by Gasteiger charge is 2.26. The van der Waals surface area contributed by atoms with Gasteiger partial charge in [-0.25, -0.2) is 0 Å². The van der Waals surface area contributed by atoms with Crippen LogP contribution < -0.4 is 11.1 Å². The lowest BCUT2D eigenvalue weighted by atomic mass is 9.92. The first-order valence-electron chi connectivity index (χ1n) is 5.95. The molecule has 0 saturated carbocycles. The summed E-state index contributed by atoms with van der Waals surface area (Å²) in [6.07, 6.45) is 2.15. The molecule has 0 radical (unpaired) electrons. The lowest BCUT2D eigenvalue weighted by Crippen LogP contribution is -2.46. The van der Waals surface area contributed by atoms with E-state index in [9.17, 15) is 0 Å². The molecule has 3 nitrogen and oxygen atoms in total. The maximum absolute atomic E-state index is 5.85. The Kier molecular flexibility index (Phi) is 4.27. The molecular weight excluding hydrogens is 327 g/mol. The van der Waals surface area contributed by atoms with E-state index < -0.39 is 0 Å². The molecule has 1 fully saturated rings. The largest absolute Gasteiger partial charge is 0.399 e. The molecule has 0 spiro atoms. The van der Waals surface area contributed by atoms with Crippen LogP contribution in [0.15, 0.2) is 18.2 Å². The number of anilines is 1. The molecule has 94 valence electrons. The summed E-state index contributed by atoms with van der Waals surface area (Å²) in [7, 11) is 0. The lowest BCUT2D eigenvalue weighted by Gasteiger charge is -2.34. The van der Waals surface area contributed by atoms with Crippen LogP contribution in [0.2, 0.25) is 0 Å². The number of benzene rings is 1. The number of ether oxygens (including phenoxy) is 1. The van der Waals surface area contributed by atoms with E-state index >= 15 is 0 Å². The van der Waals surface area contributed by atoms with E-state index in [1.54, 1.807) is 0 Å². The van der Waals surface area contributed by atoms with E-state index in [2.05, 4.69) is 40.9 Å². The minimum atomic E-state index is 0.203. The van der Waals surface area contributed by atoms with Crippen LogP contribution in [0, 0.1) is 3.57 Å². The zero-order chi connectivity index (χ0) is 12.3. The van der Waals surface area contributed by atoms with E-state index in [1.165, 1.54) is 9.13 Å². The molecule has 0 atom stereocenters. The fourth-order valence-electron chi connectivity index (χ4n) is 2.09. The first kappa shape index (κ1) is 13.1. The van der Waals surface area contributed by atoms with Crippen molar-refractivity contribution in [3.63, 3.8) is 0 Å². The summed E-state index contributed by atoms with van der Waals surface area (Å²) in [5.41, 5.74) is 8.14. The number of halogens is 1. The quantitative estimate of drug-likeness (QED) is 0.653. The third kappa shape index (κ3) is 3.82. The number of hydrogen-bond donors (Lipinski definition) is 2. The van der Waals surface area contributed by atoms with Gasteiger partial charge in [-0.2, -0.15) is 0 Å². The average Bonchev–Trinajstić information content (AvgIpc) is 2.26. The molecule has 3 N–H and O–H groups in total. The van der Waals surface area contributed by atoms with Crippen LogP contribution in [0.1, 0.15) is 25.3 Å². The molecule has 0 aromatic heterocycles. The van der Waals surface area contributed by atoms with E-state index in [-0.39, 0.29) is 5.54 Å². The molecule has 4 heteroatoms. The van der Waals surface area contributed by atoms with Crippen LogP contribution in [-0.2, 0) is 11.3 Å². The van der Waals surface area contributed by atoms with Gasteiger partial charge in [0.05, 0.1) is 0 Å². The lowest BCUT2D eigenvalue weighted by molar-refractivity contribution is 0.0446. The minimum Gasteiger partial charge on any atom is -0.399 e. The van der Waals surface area contributed by atoms with Gasteiger partial charge in [-0.3, -0.25) is 0 Å². The van der Waals surface area contributed by atoms with Crippen LogP contribution in [-0.4, -0.2) is 18.8 Å². The maximum atomic E-state index is 5.85. The number of hydrogen-bond acceptors (Lipinski definition) is 3. The fraction of sp³-hybridized carbons (Fsp3) is 0.538. The van der Waals surface area contributed by atoms with Gasteiger partial charge in [0.1, 0.15) is 0 Å². The number of nitrogens with two attached hydrogens (primary N) is 1. The molecule has 2 rings (SSSR count). The summed E-state index contributed by atoms with van der Waals surface area (Å²) in [5.74, 6) is 0. The van der Waals surface area contributed by atoms with E-state index in [0.29, 0.717) is 0 Å². The molecule has 0 unspecified atom stereocenters. The van der Waals surface area contributed by atoms with Gasteiger partial charge in [0.2, 0.25) is 0 Å². The van der Waals surface area contributed by atoms with Crippen molar-refractivity contribution in [2.24, 2.45) is 0 Å². The second kappa shape index (κ2) is 5.54. The maximum Gasteiger partial charge on any atom is 0.0483 e. The van der Waals surface area contributed by atoms with Crippen LogP contribution in [0.25, 0.3) is 0 Å². The van der Waals surface area contributed by atoms with Gasteiger partial charge in [0.25, 0.3) is 0 Å². The summed E-state index contributed by atoms with van der Waals surface area (Å²) >= 11 is 2.30. The molecule has 1 saturated heterocycles. The van der Waals surface area contributed by atoms with Gasteiger partial charge in [0, 0.05) is 34.6 Å². The fourth-order valence-corrected chi connectivity index (χ4v) is 2.85. The highest BCUT2D eigenvalue weighted by molar-refractivity contribution is 14.1. The predicted molar refractivity (Wildman–Crippen MR) is 78.9 cm³/mol. The normalized spacial score (nSPS) is 19.2. The molecule has 1 aromatic carbocycles. The van der Waals surface area contributed by atoms with Gasteiger partial charge in [-0.05, 0) is 66.1 Å². The topological polar surface area (TPSA) is 47.3 Å². The predicted octanol–water partition coefficient (Wildman–Crippen LogP) is 2.53. The Labute approximate surface area is 116 Å². The van der Waals surface area contributed by atoms with Crippen molar-refractivity contribution in [2.75, 3.05) is 18.9 Å². The minimum absolute atomic E-state index is 0.203. The third-order valence-corrected chi connectivity index (χ3v) is 3.92. The SMILES string of the molecule is CC1(NCc2cc(N)cc(I)c2)CCOCC1. The van der Waals surface area contributed by atoms with Crippen molar-refractivity contribution in [1.29, 1.82) is 0 Å². The van der Waals surface area contributed by atoms with E-state index in [4.69, 9.17) is 10.5 Å². The van der Waals surface area contributed by atoms with Crippen LogP contribution in [0.4, 0.5) is 5.69 Å². The highest BCUT2D eigenvalue weighted by Crippen LogP contribution is 2.21. The van der Waals surface area contributed by atoms with Crippen molar-refractivity contribution in [3.8, 4) is 0 Å². The van der Waals surface area contributed by atoms with E-state index in [0.717, 1.165) is 38.3 Å². The van der Waals surface area contributed by atoms with Crippen molar-refractivity contribution < 1.29 is 4.74 Å². The van der Waals surface area contributed by atoms with Gasteiger partial charge < -0.3 is 15.8 Å². The van der Waals surface area contributed by atoms with Crippen LogP contribution >= 0.6 is 22.6 Å². The Balaban J connectivity index is 1.96. The molecule has 0 bridgehead atoms. The first-order chi connectivity index (χ1) is 8.07. The summed E-state index contributed by atoms with van der Waals surface area (Å²) in [6, 6.07) is 6.20. The number of nitrogens with one attached hydrogen (secondary N) is 1. The molecule has 17 heavy (non-hydrogen) atoms. The van der Waals surface area contributed by atoms with Crippen molar-refractivity contribution in [1.82, 2.24) is 5.32 Å². The van der Waals surface area contributed by atoms with Crippen LogP contribution in [0.3, 0.4) is 0 Å². The Morgan fingerprint density at radius 2 is 2.06 bits per heavy atom. The third-order valence-electron chi connectivity index (χ3n) is 3.30. The molecule has 1 aromatic rings. The van der Waals surface area contributed by atoms with Crippen molar-refractivity contribution in [3.05, 3.63) is 27.3 Å². The highest BCUT2D eigenvalue weighted by atomic mass is 127. The average molecular weight is 346 g/mol. The van der Waals surface area contributed by atoms with Gasteiger partial charge in [0.15, 0.2) is 0 Å². The Morgan fingerprint density at radius 3 is 2.71 bits per heavy atom. The standard InChI is InChI=1S/C13H19IN2O/c1-13(2-4-17-5-3-13)16-9-10-6-11(14)8-12(15)7-10/h6-8,16H,2-5,9,15H2,1H3. The second-order valence-corrected chi connectivity index (χ2v) is 6.17. The summed E-state index contributed by atoms with van der Waals surface area (Å²) in [6.45, 7) is 4.86. The van der Waals surface area contributed by atoms with Gasteiger partial charge >= 0.3 is 0 Å². The smallest absolute Gasteiger partial charge is 0.0483 e. The Bertz CT molecular complexity index is 369. The molecule has 0 amide bonds. The molecule has 1 aliphatic heterocycles. The molecule has 0 aliphatic carbocycles.